The summed E-state index contributed by atoms with van der Waals surface area (Å²) in [6.07, 6.45) is 0.396. The molecule has 0 aromatic heterocycles. The molecule has 136 valence electrons. The van der Waals surface area contributed by atoms with Gasteiger partial charge in [0.2, 0.25) is 5.91 Å². The fraction of sp³-hybridized carbons (Fsp3) is 0.500. The molecule has 1 saturated heterocycles. The molecule has 0 bridgehead atoms. The van der Waals surface area contributed by atoms with Gasteiger partial charge in [-0.2, -0.15) is 0 Å². The van der Waals surface area contributed by atoms with Crippen LogP contribution in [0.3, 0.4) is 0 Å². The van der Waals surface area contributed by atoms with Crippen LogP contribution in [0.4, 0.5) is 0 Å². The first-order valence-corrected chi connectivity index (χ1v) is 8.49. The van der Waals surface area contributed by atoms with Gasteiger partial charge < -0.3 is 19.9 Å². The number of quaternary nitrogens is 1. The quantitative estimate of drug-likeness (QED) is 0.622. The van der Waals surface area contributed by atoms with E-state index in [0.29, 0.717) is 19.5 Å². The summed E-state index contributed by atoms with van der Waals surface area (Å²) in [5, 5.41) is 2.78. The van der Waals surface area contributed by atoms with Crippen LogP contribution in [-0.4, -0.2) is 68.6 Å². The maximum atomic E-state index is 12.3. The normalized spacial score (nSPS) is 16.2. The van der Waals surface area contributed by atoms with E-state index in [-0.39, 0.29) is 18.4 Å². The highest BCUT2D eigenvalue weighted by Crippen LogP contribution is 2.04. The lowest BCUT2D eigenvalue weighted by Crippen LogP contribution is -3.15. The van der Waals surface area contributed by atoms with Gasteiger partial charge >= 0.3 is 5.97 Å². The van der Waals surface area contributed by atoms with Crippen molar-refractivity contribution in [2.45, 2.75) is 19.4 Å². The molecule has 1 atom stereocenters. The Morgan fingerprint density at radius 2 is 1.84 bits per heavy atom. The number of ether oxygens (including phenoxy) is 1. The fourth-order valence-electron chi connectivity index (χ4n) is 2.97. The van der Waals surface area contributed by atoms with Gasteiger partial charge in [-0.15, -0.1) is 0 Å². The van der Waals surface area contributed by atoms with Crippen molar-refractivity contribution in [3.63, 3.8) is 0 Å². The minimum atomic E-state index is -0.696. The largest absolute Gasteiger partial charge is 0.467 e. The Bertz CT molecular complexity index is 598. The van der Waals surface area contributed by atoms with Crippen LogP contribution in [0.1, 0.15) is 12.5 Å². The van der Waals surface area contributed by atoms with Crippen molar-refractivity contribution in [1.82, 2.24) is 10.2 Å². The minimum Gasteiger partial charge on any atom is -0.467 e. The van der Waals surface area contributed by atoms with Gasteiger partial charge in [-0.25, -0.2) is 4.79 Å². The molecule has 0 saturated carbocycles. The lowest BCUT2D eigenvalue weighted by molar-refractivity contribution is -0.896. The highest BCUT2D eigenvalue weighted by atomic mass is 16.5. The number of carbonyl (C=O) groups is 3. The Balaban J connectivity index is 1.87. The topological polar surface area (TPSA) is 80.2 Å². The van der Waals surface area contributed by atoms with Gasteiger partial charge in [0.1, 0.15) is 6.04 Å². The summed E-state index contributed by atoms with van der Waals surface area (Å²) in [6, 6.07) is 8.81. The Labute approximate surface area is 147 Å². The first-order chi connectivity index (χ1) is 12.0. The molecule has 1 aromatic rings. The number of hydrogen-bond donors (Lipinski definition) is 2. The molecule has 1 fully saturated rings. The van der Waals surface area contributed by atoms with Crippen molar-refractivity contribution >= 4 is 17.8 Å². The smallest absolute Gasteiger partial charge is 0.328 e. The zero-order valence-corrected chi connectivity index (χ0v) is 14.8. The van der Waals surface area contributed by atoms with Crippen LogP contribution in [0.25, 0.3) is 0 Å². The second-order valence-electron chi connectivity index (χ2n) is 6.27. The highest BCUT2D eigenvalue weighted by Gasteiger charge is 2.26. The van der Waals surface area contributed by atoms with Crippen LogP contribution in [0, 0.1) is 0 Å². The molecule has 1 aliphatic heterocycles. The van der Waals surface area contributed by atoms with Gasteiger partial charge in [0, 0.05) is 13.3 Å². The van der Waals surface area contributed by atoms with E-state index >= 15 is 0 Å². The summed E-state index contributed by atoms with van der Waals surface area (Å²) < 4.78 is 4.81. The van der Waals surface area contributed by atoms with Crippen LogP contribution in [0.15, 0.2) is 30.3 Å². The summed E-state index contributed by atoms with van der Waals surface area (Å²) in [5.41, 5.74) is 0.959. The average Bonchev–Trinajstić information content (AvgIpc) is 2.61. The van der Waals surface area contributed by atoms with Crippen molar-refractivity contribution in [2.24, 2.45) is 0 Å². The molecule has 1 heterocycles. The zero-order valence-electron chi connectivity index (χ0n) is 14.8. The van der Waals surface area contributed by atoms with Gasteiger partial charge in [0.15, 0.2) is 6.54 Å². The van der Waals surface area contributed by atoms with E-state index in [9.17, 15) is 14.4 Å². The zero-order chi connectivity index (χ0) is 18.2. The van der Waals surface area contributed by atoms with Gasteiger partial charge in [-0.3, -0.25) is 9.59 Å². The SMILES string of the molecule is COC(=O)[C@H](Cc1ccccc1)NC(=O)C[NH+]1CCN(C(C)=O)CC1. The number of amides is 2. The van der Waals surface area contributed by atoms with E-state index in [1.54, 1.807) is 11.8 Å². The lowest BCUT2D eigenvalue weighted by Gasteiger charge is -2.31. The van der Waals surface area contributed by atoms with Crippen molar-refractivity contribution < 1.29 is 24.0 Å². The maximum Gasteiger partial charge on any atom is 0.328 e. The monoisotopic (exact) mass is 348 g/mol. The summed E-state index contributed by atoms with van der Waals surface area (Å²) in [6.45, 7) is 4.62. The first kappa shape index (κ1) is 18.9. The third kappa shape index (κ3) is 5.86. The van der Waals surface area contributed by atoms with Crippen molar-refractivity contribution in [2.75, 3.05) is 39.8 Å². The number of esters is 1. The van der Waals surface area contributed by atoms with Crippen LogP contribution in [0.5, 0.6) is 0 Å². The molecular weight excluding hydrogens is 322 g/mol. The second kappa shape index (κ2) is 9.17. The molecule has 0 aliphatic carbocycles. The lowest BCUT2D eigenvalue weighted by atomic mass is 10.1. The van der Waals surface area contributed by atoms with E-state index in [1.165, 1.54) is 7.11 Å². The average molecular weight is 348 g/mol. The molecule has 0 spiro atoms. The second-order valence-corrected chi connectivity index (χ2v) is 6.27. The molecule has 7 nitrogen and oxygen atoms in total. The molecular formula is C18H26N3O4+. The Morgan fingerprint density at radius 3 is 2.40 bits per heavy atom. The van der Waals surface area contributed by atoms with Gasteiger partial charge in [-0.05, 0) is 5.56 Å². The first-order valence-electron chi connectivity index (χ1n) is 8.49. The molecule has 2 amide bonds. The van der Waals surface area contributed by atoms with Crippen LogP contribution in [-0.2, 0) is 25.5 Å². The van der Waals surface area contributed by atoms with Crippen LogP contribution in [0.2, 0.25) is 0 Å². The number of nitrogens with one attached hydrogen (secondary N) is 2. The summed E-state index contributed by atoms with van der Waals surface area (Å²) in [7, 11) is 1.32. The molecule has 7 heteroatoms. The van der Waals surface area contributed by atoms with E-state index in [2.05, 4.69) is 5.32 Å². The summed E-state index contributed by atoms with van der Waals surface area (Å²) >= 11 is 0. The highest BCUT2D eigenvalue weighted by molar-refractivity contribution is 5.85. The van der Waals surface area contributed by atoms with Crippen molar-refractivity contribution in [1.29, 1.82) is 0 Å². The molecule has 1 aliphatic rings. The third-order valence-corrected chi connectivity index (χ3v) is 4.43. The minimum absolute atomic E-state index is 0.0668. The van der Waals surface area contributed by atoms with Crippen molar-refractivity contribution in [3.8, 4) is 0 Å². The van der Waals surface area contributed by atoms with Crippen molar-refractivity contribution in [3.05, 3.63) is 35.9 Å². The molecule has 0 radical (unpaired) electrons. The molecule has 2 N–H and O–H groups in total. The Hall–Kier alpha value is -2.41. The number of hydrogen-bond acceptors (Lipinski definition) is 4. The predicted molar refractivity (Wildman–Crippen MR) is 91.9 cm³/mol. The fourth-order valence-corrected chi connectivity index (χ4v) is 2.97. The number of rotatable bonds is 6. The third-order valence-electron chi connectivity index (χ3n) is 4.43. The number of methoxy groups -OCH3 is 1. The van der Waals surface area contributed by atoms with Gasteiger partial charge in [0.25, 0.3) is 5.91 Å². The van der Waals surface area contributed by atoms with E-state index in [1.807, 2.05) is 30.3 Å². The van der Waals surface area contributed by atoms with Gasteiger partial charge in [0.05, 0.1) is 33.3 Å². The van der Waals surface area contributed by atoms with E-state index < -0.39 is 12.0 Å². The summed E-state index contributed by atoms with van der Waals surface area (Å²) in [5.74, 6) is -0.566. The van der Waals surface area contributed by atoms with Gasteiger partial charge in [-0.1, -0.05) is 30.3 Å². The number of carbonyl (C=O) groups excluding carboxylic acids is 3. The standard InChI is InChI=1S/C18H25N3O4/c1-14(22)21-10-8-20(9-11-21)13-17(23)19-16(18(24)25-2)12-15-6-4-3-5-7-15/h3-7,16H,8-13H2,1-2H3,(H,19,23)/p+1/t16-/m0/s1. The predicted octanol–water partition coefficient (Wildman–Crippen LogP) is -1.37. The van der Waals surface area contributed by atoms with Crippen LogP contribution < -0.4 is 10.2 Å². The number of piperazine rings is 1. The molecule has 2 rings (SSSR count). The van der Waals surface area contributed by atoms with Crippen LogP contribution >= 0.6 is 0 Å². The molecule has 1 aromatic carbocycles. The van der Waals surface area contributed by atoms with E-state index in [4.69, 9.17) is 4.74 Å². The molecule has 0 unspecified atom stereocenters. The Kier molecular flexibility index (Phi) is 6.94. The number of benzene rings is 1. The number of nitrogens with zero attached hydrogens (tertiary/aromatic N) is 1. The van der Waals surface area contributed by atoms with E-state index in [0.717, 1.165) is 23.6 Å². The summed E-state index contributed by atoms with van der Waals surface area (Å²) in [4.78, 5) is 38.5. The maximum absolute atomic E-state index is 12.3. The molecule has 25 heavy (non-hydrogen) atoms. The Morgan fingerprint density at radius 1 is 1.20 bits per heavy atom.